The van der Waals surface area contributed by atoms with E-state index in [0.717, 1.165) is 19.4 Å². The molecule has 0 aliphatic carbocycles. The van der Waals surface area contributed by atoms with E-state index in [1.807, 2.05) is 0 Å². The minimum Gasteiger partial charge on any atom is -0.324 e. The Morgan fingerprint density at radius 2 is 2.05 bits per heavy atom. The predicted octanol–water partition coefficient (Wildman–Crippen LogP) is 0.921. The predicted molar refractivity (Wildman–Crippen MR) is 81.5 cm³/mol. The number of sulfonamides is 1. The van der Waals surface area contributed by atoms with Crippen LogP contribution in [0.5, 0.6) is 0 Å². The van der Waals surface area contributed by atoms with Crippen molar-refractivity contribution < 1.29 is 13.2 Å². The van der Waals surface area contributed by atoms with Gasteiger partial charge in [0.25, 0.3) is 0 Å². The summed E-state index contributed by atoms with van der Waals surface area (Å²) in [5.41, 5.74) is 0.303. The summed E-state index contributed by atoms with van der Waals surface area (Å²) in [5.74, 6) is 0.290. The van der Waals surface area contributed by atoms with Crippen LogP contribution in [0.25, 0.3) is 0 Å². The Hall–Kier alpha value is -1.44. The maximum Gasteiger partial charge on any atom is 0.242 e. The van der Waals surface area contributed by atoms with Gasteiger partial charge in [-0.15, -0.1) is 0 Å². The number of rotatable bonds is 4. The summed E-state index contributed by atoms with van der Waals surface area (Å²) in [7, 11) is -2.26. The SMILES string of the molecule is CNS(=O)(=O)c1ccccc1NC(=O)C1CC(C)CCN1. The van der Waals surface area contributed by atoms with Crippen molar-refractivity contribution in [2.75, 3.05) is 18.9 Å². The zero-order valence-electron chi connectivity index (χ0n) is 12.2. The van der Waals surface area contributed by atoms with Gasteiger partial charge in [0.05, 0.1) is 11.7 Å². The van der Waals surface area contributed by atoms with Crippen molar-refractivity contribution in [2.45, 2.75) is 30.7 Å². The largest absolute Gasteiger partial charge is 0.324 e. The molecule has 1 amide bonds. The molecule has 1 aliphatic rings. The average molecular weight is 311 g/mol. The second-order valence-electron chi connectivity index (χ2n) is 5.33. The molecule has 1 fully saturated rings. The lowest BCUT2D eigenvalue weighted by Crippen LogP contribution is -2.45. The van der Waals surface area contributed by atoms with Crippen LogP contribution < -0.4 is 15.4 Å². The number of para-hydroxylation sites is 1. The molecule has 1 aliphatic heterocycles. The standard InChI is InChI=1S/C14H21N3O3S/c1-10-7-8-16-12(9-10)14(18)17-11-5-3-4-6-13(11)21(19,20)15-2/h3-6,10,12,15-16H,7-9H2,1-2H3,(H,17,18). The van der Waals surface area contributed by atoms with Crippen LogP contribution in [0.2, 0.25) is 0 Å². The lowest BCUT2D eigenvalue weighted by Gasteiger charge is -2.27. The molecule has 2 atom stereocenters. The van der Waals surface area contributed by atoms with Gasteiger partial charge in [-0.3, -0.25) is 4.79 Å². The van der Waals surface area contributed by atoms with Crippen LogP contribution in [0, 0.1) is 5.92 Å². The fraction of sp³-hybridized carbons (Fsp3) is 0.500. The normalized spacial score (nSPS) is 22.8. The molecular formula is C14H21N3O3S. The molecule has 1 aromatic rings. The van der Waals surface area contributed by atoms with E-state index >= 15 is 0 Å². The number of nitrogens with one attached hydrogen (secondary N) is 3. The summed E-state index contributed by atoms with van der Waals surface area (Å²) in [6.45, 7) is 2.91. The number of amides is 1. The molecule has 7 heteroatoms. The molecule has 0 bridgehead atoms. The molecule has 1 saturated heterocycles. The number of hydrogen-bond donors (Lipinski definition) is 3. The third-order valence-electron chi connectivity index (χ3n) is 3.69. The van der Waals surface area contributed by atoms with Gasteiger partial charge in [-0.1, -0.05) is 19.1 Å². The number of benzene rings is 1. The lowest BCUT2D eigenvalue weighted by molar-refractivity contribution is -0.119. The van der Waals surface area contributed by atoms with E-state index in [2.05, 4.69) is 22.3 Å². The number of anilines is 1. The smallest absolute Gasteiger partial charge is 0.242 e. The Balaban J connectivity index is 2.18. The molecule has 6 nitrogen and oxygen atoms in total. The Kier molecular flexibility index (Phi) is 4.97. The number of hydrogen-bond acceptors (Lipinski definition) is 4. The first-order valence-corrected chi connectivity index (χ1v) is 8.49. The highest BCUT2D eigenvalue weighted by atomic mass is 32.2. The summed E-state index contributed by atoms with van der Waals surface area (Å²) in [4.78, 5) is 12.4. The lowest BCUT2D eigenvalue weighted by atomic mass is 9.94. The van der Waals surface area contributed by atoms with E-state index in [9.17, 15) is 13.2 Å². The van der Waals surface area contributed by atoms with Gasteiger partial charge >= 0.3 is 0 Å². The first-order chi connectivity index (χ1) is 9.94. The van der Waals surface area contributed by atoms with E-state index in [0.29, 0.717) is 11.6 Å². The van der Waals surface area contributed by atoms with Crippen LogP contribution in [-0.2, 0) is 14.8 Å². The minimum absolute atomic E-state index is 0.0738. The van der Waals surface area contributed by atoms with E-state index in [4.69, 9.17) is 0 Å². The number of carbonyl (C=O) groups is 1. The monoisotopic (exact) mass is 311 g/mol. The second-order valence-corrected chi connectivity index (χ2v) is 7.18. The molecule has 2 unspecified atom stereocenters. The fourth-order valence-corrected chi connectivity index (χ4v) is 3.33. The summed E-state index contributed by atoms with van der Waals surface area (Å²) in [6.07, 6.45) is 1.81. The first-order valence-electron chi connectivity index (χ1n) is 7.01. The van der Waals surface area contributed by atoms with Crippen LogP contribution >= 0.6 is 0 Å². The summed E-state index contributed by atoms with van der Waals surface area (Å²) in [5, 5.41) is 5.89. The molecule has 2 rings (SSSR count). The highest BCUT2D eigenvalue weighted by Gasteiger charge is 2.26. The quantitative estimate of drug-likeness (QED) is 0.772. The minimum atomic E-state index is -3.60. The van der Waals surface area contributed by atoms with Crippen LogP contribution in [0.3, 0.4) is 0 Å². The van der Waals surface area contributed by atoms with Crippen molar-refractivity contribution >= 4 is 21.6 Å². The zero-order chi connectivity index (χ0) is 15.5. The maximum atomic E-state index is 12.3. The molecule has 1 aromatic carbocycles. The van der Waals surface area contributed by atoms with Crippen molar-refractivity contribution in [3.05, 3.63) is 24.3 Å². The molecular weight excluding hydrogens is 290 g/mol. The Morgan fingerprint density at radius 3 is 2.71 bits per heavy atom. The van der Waals surface area contributed by atoms with Gasteiger partial charge in [0.2, 0.25) is 15.9 Å². The molecule has 0 radical (unpaired) electrons. The highest BCUT2D eigenvalue weighted by molar-refractivity contribution is 7.89. The van der Waals surface area contributed by atoms with Crippen LogP contribution in [0.4, 0.5) is 5.69 Å². The van der Waals surface area contributed by atoms with Crippen molar-refractivity contribution in [2.24, 2.45) is 5.92 Å². The average Bonchev–Trinajstić information content (AvgIpc) is 2.47. The molecule has 3 N–H and O–H groups in total. The maximum absolute atomic E-state index is 12.3. The van der Waals surface area contributed by atoms with Crippen molar-refractivity contribution in [3.63, 3.8) is 0 Å². The van der Waals surface area contributed by atoms with Gasteiger partial charge in [0.15, 0.2) is 0 Å². The van der Waals surface area contributed by atoms with Gasteiger partial charge in [-0.05, 0) is 44.5 Å². The third kappa shape index (κ3) is 3.81. The van der Waals surface area contributed by atoms with Gasteiger partial charge in [0, 0.05) is 0 Å². The third-order valence-corrected chi connectivity index (χ3v) is 5.16. The highest BCUT2D eigenvalue weighted by Crippen LogP contribution is 2.22. The van der Waals surface area contributed by atoms with E-state index in [1.165, 1.54) is 13.1 Å². The molecule has 0 saturated carbocycles. The number of piperidine rings is 1. The van der Waals surface area contributed by atoms with Crippen LogP contribution in [0.15, 0.2) is 29.2 Å². The molecule has 1 heterocycles. The van der Waals surface area contributed by atoms with E-state index in [1.54, 1.807) is 18.2 Å². The van der Waals surface area contributed by atoms with Crippen LogP contribution in [-0.4, -0.2) is 34.0 Å². The second kappa shape index (κ2) is 6.55. The van der Waals surface area contributed by atoms with Gasteiger partial charge in [-0.25, -0.2) is 13.1 Å². The Bertz CT molecular complexity index is 616. The van der Waals surface area contributed by atoms with Crippen molar-refractivity contribution in [3.8, 4) is 0 Å². The van der Waals surface area contributed by atoms with E-state index in [-0.39, 0.29) is 16.8 Å². The van der Waals surface area contributed by atoms with Crippen LogP contribution in [0.1, 0.15) is 19.8 Å². The molecule has 0 aromatic heterocycles. The fourth-order valence-electron chi connectivity index (χ4n) is 2.44. The van der Waals surface area contributed by atoms with Gasteiger partial charge in [0.1, 0.15) is 4.90 Å². The molecule has 0 spiro atoms. The van der Waals surface area contributed by atoms with E-state index < -0.39 is 10.0 Å². The molecule has 116 valence electrons. The summed E-state index contributed by atoms with van der Waals surface area (Å²) >= 11 is 0. The first kappa shape index (κ1) is 15.9. The zero-order valence-corrected chi connectivity index (χ0v) is 13.0. The van der Waals surface area contributed by atoms with Gasteiger partial charge in [-0.2, -0.15) is 0 Å². The summed E-state index contributed by atoms with van der Waals surface area (Å²) < 4.78 is 26.2. The van der Waals surface area contributed by atoms with Crippen molar-refractivity contribution in [1.82, 2.24) is 10.0 Å². The van der Waals surface area contributed by atoms with Gasteiger partial charge < -0.3 is 10.6 Å². The summed E-state index contributed by atoms with van der Waals surface area (Å²) in [6, 6.07) is 6.11. The Morgan fingerprint density at radius 1 is 1.33 bits per heavy atom. The Labute approximate surface area is 125 Å². The van der Waals surface area contributed by atoms with Crippen molar-refractivity contribution in [1.29, 1.82) is 0 Å². The molecule has 21 heavy (non-hydrogen) atoms. The topological polar surface area (TPSA) is 87.3 Å². The number of carbonyl (C=O) groups excluding carboxylic acids is 1.